The van der Waals surface area contributed by atoms with E-state index in [1.54, 1.807) is 12.4 Å². The largest absolute Gasteiger partial charge is 0.356 e. The van der Waals surface area contributed by atoms with Crippen LogP contribution in [0.15, 0.2) is 24.5 Å². The zero-order valence-corrected chi connectivity index (χ0v) is 10.7. The van der Waals surface area contributed by atoms with Crippen molar-refractivity contribution in [2.24, 2.45) is 0 Å². The maximum absolute atomic E-state index is 11.6. The fourth-order valence-corrected chi connectivity index (χ4v) is 2.28. The summed E-state index contributed by atoms with van der Waals surface area (Å²) in [6.07, 6.45) is 8.42. The number of rotatable bonds is 6. The molecule has 1 saturated heterocycles. The monoisotopic (exact) mass is 247 g/mol. The maximum atomic E-state index is 11.6. The molecule has 0 spiro atoms. The molecule has 1 fully saturated rings. The molecule has 1 unspecified atom stereocenters. The lowest BCUT2D eigenvalue weighted by molar-refractivity contribution is -0.121. The van der Waals surface area contributed by atoms with Crippen LogP contribution >= 0.6 is 0 Å². The van der Waals surface area contributed by atoms with Crippen LogP contribution in [0.4, 0.5) is 0 Å². The molecule has 0 aliphatic carbocycles. The van der Waals surface area contributed by atoms with Crippen LogP contribution in [0.2, 0.25) is 0 Å². The van der Waals surface area contributed by atoms with Crippen molar-refractivity contribution in [2.75, 3.05) is 13.1 Å². The normalized spacial score (nSPS) is 18.8. The minimum absolute atomic E-state index is 0.143. The van der Waals surface area contributed by atoms with Crippen LogP contribution < -0.4 is 10.6 Å². The average molecular weight is 247 g/mol. The smallest absolute Gasteiger partial charge is 0.220 e. The van der Waals surface area contributed by atoms with Crippen LogP contribution in [0.3, 0.4) is 0 Å². The first-order valence-electron chi connectivity index (χ1n) is 6.73. The van der Waals surface area contributed by atoms with Crippen molar-refractivity contribution in [1.82, 2.24) is 15.6 Å². The van der Waals surface area contributed by atoms with Gasteiger partial charge in [-0.2, -0.15) is 0 Å². The second-order valence-corrected chi connectivity index (χ2v) is 4.79. The van der Waals surface area contributed by atoms with Crippen molar-refractivity contribution >= 4 is 5.91 Å². The summed E-state index contributed by atoms with van der Waals surface area (Å²) in [5.74, 6) is 0.143. The molecule has 1 atom stereocenters. The molecule has 0 saturated carbocycles. The molecule has 1 aromatic heterocycles. The highest BCUT2D eigenvalue weighted by Crippen LogP contribution is 2.07. The van der Waals surface area contributed by atoms with Gasteiger partial charge in [-0.1, -0.05) is 0 Å². The van der Waals surface area contributed by atoms with Crippen LogP contribution in [-0.2, 0) is 11.2 Å². The number of hydrogen-bond donors (Lipinski definition) is 2. The SMILES string of the molecule is O=C(CCc1ccncc1)NCCC1CCCN1. The Kier molecular flexibility index (Phi) is 5.15. The van der Waals surface area contributed by atoms with E-state index in [4.69, 9.17) is 0 Å². The summed E-state index contributed by atoms with van der Waals surface area (Å²) in [5, 5.41) is 6.42. The van der Waals surface area contributed by atoms with Gasteiger partial charge in [-0.15, -0.1) is 0 Å². The molecule has 4 nitrogen and oxygen atoms in total. The van der Waals surface area contributed by atoms with E-state index in [1.807, 2.05) is 12.1 Å². The number of amides is 1. The second kappa shape index (κ2) is 7.11. The Labute approximate surface area is 108 Å². The minimum atomic E-state index is 0.143. The molecule has 0 aromatic carbocycles. The summed E-state index contributed by atoms with van der Waals surface area (Å²) >= 11 is 0. The van der Waals surface area contributed by atoms with Crippen LogP contribution in [0.1, 0.15) is 31.2 Å². The number of nitrogens with one attached hydrogen (secondary N) is 2. The van der Waals surface area contributed by atoms with Crippen molar-refractivity contribution in [1.29, 1.82) is 0 Å². The Bertz CT molecular complexity index is 361. The van der Waals surface area contributed by atoms with E-state index in [1.165, 1.54) is 12.8 Å². The summed E-state index contributed by atoms with van der Waals surface area (Å²) < 4.78 is 0. The lowest BCUT2D eigenvalue weighted by atomic mass is 10.1. The van der Waals surface area contributed by atoms with E-state index in [2.05, 4.69) is 15.6 Å². The molecule has 0 radical (unpaired) electrons. The van der Waals surface area contributed by atoms with Gasteiger partial charge in [0.15, 0.2) is 0 Å². The van der Waals surface area contributed by atoms with E-state index in [9.17, 15) is 4.79 Å². The van der Waals surface area contributed by atoms with Gasteiger partial charge in [0, 0.05) is 31.4 Å². The van der Waals surface area contributed by atoms with E-state index in [-0.39, 0.29) is 5.91 Å². The number of hydrogen-bond acceptors (Lipinski definition) is 3. The molecule has 1 aliphatic heterocycles. The lowest BCUT2D eigenvalue weighted by Gasteiger charge is -2.10. The highest BCUT2D eigenvalue weighted by molar-refractivity contribution is 5.76. The fourth-order valence-electron chi connectivity index (χ4n) is 2.28. The first-order chi connectivity index (χ1) is 8.84. The van der Waals surface area contributed by atoms with Crippen LogP contribution in [-0.4, -0.2) is 30.0 Å². The number of nitrogens with zero attached hydrogens (tertiary/aromatic N) is 1. The summed E-state index contributed by atoms with van der Waals surface area (Å²) in [7, 11) is 0. The quantitative estimate of drug-likeness (QED) is 0.796. The molecule has 98 valence electrons. The summed E-state index contributed by atoms with van der Waals surface area (Å²) in [4.78, 5) is 15.6. The van der Waals surface area contributed by atoms with E-state index >= 15 is 0 Å². The van der Waals surface area contributed by atoms with E-state index in [0.29, 0.717) is 12.5 Å². The minimum Gasteiger partial charge on any atom is -0.356 e. The standard InChI is InChI=1S/C14H21N3O/c18-14(4-3-12-5-9-15-10-6-12)17-11-7-13-2-1-8-16-13/h5-6,9-10,13,16H,1-4,7-8,11H2,(H,17,18). The zero-order valence-electron chi connectivity index (χ0n) is 10.7. The van der Waals surface area contributed by atoms with E-state index in [0.717, 1.165) is 31.5 Å². The average Bonchev–Trinajstić information content (AvgIpc) is 2.91. The van der Waals surface area contributed by atoms with Gasteiger partial charge < -0.3 is 10.6 Å². The topological polar surface area (TPSA) is 54.0 Å². The number of aromatic nitrogens is 1. The summed E-state index contributed by atoms with van der Waals surface area (Å²) in [5.41, 5.74) is 1.16. The molecule has 1 aliphatic rings. The third kappa shape index (κ3) is 4.45. The molecule has 2 rings (SSSR count). The van der Waals surface area contributed by atoms with Crippen molar-refractivity contribution < 1.29 is 4.79 Å². The predicted molar refractivity (Wildman–Crippen MR) is 71.2 cm³/mol. The Morgan fingerprint density at radius 2 is 2.28 bits per heavy atom. The maximum Gasteiger partial charge on any atom is 0.220 e. The van der Waals surface area contributed by atoms with Crippen LogP contribution in [0.5, 0.6) is 0 Å². The van der Waals surface area contributed by atoms with Crippen LogP contribution in [0, 0.1) is 0 Å². The second-order valence-electron chi connectivity index (χ2n) is 4.79. The Morgan fingerprint density at radius 1 is 1.44 bits per heavy atom. The van der Waals surface area contributed by atoms with Gasteiger partial charge in [-0.05, 0) is 49.9 Å². The van der Waals surface area contributed by atoms with Gasteiger partial charge in [0.25, 0.3) is 0 Å². The predicted octanol–water partition coefficient (Wildman–Crippen LogP) is 1.27. The highest BCUT2D eigenvalue weighted by Gasteiger charge is 2.13. The Morgan fingerprint density at radius 3 is 3.00 bits per heavy atom. The number of aryl methyl sites for hydroxylation is 1. The van der Waals surface area contributed by atoms with Crippen molar-refractivity contribution in [2.45, 2.75) is 38.1 Å². The van der Waals surface area contributed by atoms with E-state index < -0.39 is 0 Å². The third-order valence-corrected chi connectivity index (χ3v) is 3.37. The van der Waals surface area contributed by atoms with Gasteiger partial charge in [-0.3, -0.25) is 9.78 Å². The summed E-state index contributed by atoms with van der Waals surface area (Å²) in [6.45, 7) is 1.91. The number of carbonyl (C=O) groups is 1. The summed E-state index contributed by atoms with van der Waals surface area (Å²) in [6, 6.07) is 4.51. The van der Waals surface area contributed by atoms with Gasteiger partial charge in [0.2, 0.25) is 5.91 Å². The lowest BCUT2D eigenvalue weighted by Crippen LogP contribution is -2.30. The molecular weight excluding hydrogens is 226 g/mol. The molecule has 2 heterocycles. The molecule has 2 N–H and O–H groups in total. The van der Waals surface area contributed by atoms with Gasteiger partial charge in [0.1, 0.15) is 0 Å². The first-order valence-corrected chi connectivity index (χ1v) is 6.73. The highest BCUT2D eigenvalue weighted by atomic mass is 16.1. The Balaban J connectivity index is 1.57. The number of carbonyl (C=O) groups excluding carboxylic acids is 1. The zero-order chi connectivity index (χ0) is 12.6. The molecule has 0 bridgehead atoms. The van der Waals surface area contributed by atoms with Gasteiger partial charge in [-0.25, -0.2) is 0 Å². The molecule has 18 heavy (non-hydrogen) atoms. The molecular formula is C14H21N3O. The van der Waals surface area contributed by atoms with Gasteiger partial charge in [0.05, 0.1) is 0 Å². The van der Waals surface area contributed by atoms with Crippen molar-refractivity contribution in [3.05, 3.63) is 30.1 Å². The number of pyridine rings is 1. The van der Waals surface area contributed by atoms with Crippen LogP contribution in [0.25, 0.3) is 0 Å². The Hall–Kier alpha value is -1.42. The first kappa shape index (κ1) is 13.0. The van der Waals surface area contributed by atoms with Crippen molar-refractivity contribution in [3.8, 4) is 0 Å². The fraction of sp³-hybridized carbons (Fsp3) is 0.571. The molecule has 4 heteroatoms. The van der Waals surface area contributed by atoms with Gasteiger partial charge >= 0.3 is 0 Å². The third-order valence-electron chi connectivity index (χ3n) is 3.37. The molecule has 1 aromatic rings. The molecule has 1 amide bonds. The van der Waals surface area contributed by atoms with Crippen molar-refractivity contribution in [3.63, 3.8) is 0 Å².